The number of amides is 3. The molecule has 1 fully saturated rings. The summed E-state index contributed by atoms with van der Waals surface area (Å²) in [7, 11) is 0. The van der Waals surface area contributed by atoms with E-state index in [1.54, 1.807) is 54.6 Å². The Hall–Kier alpha value is -5.51. The van der Waals surface area contributed by atoms with Crippen LogP contribution >= 0.6 is 0 Å². The summed E-state index contributed by atoms with van der Waals surface area (Å²) < 4.78 is 0. The molecule has 0 bridgehead atoms. The van der Waals surface area contributed by atoms with Gasteiger partial charge in [0.1, 0.15) is 0 Å². The molecule has 4 aromatic rings. The number of anilines is 2. The zero-order valence-corrected chi connectivity index (χ0v) is 25.0. The van der Waals surface area contributed by atoms with Gasteiger partial charge in [-0.3, -0.25) is 24.2 Å². The third-order valence-electron chi connectivity index (χ3n) is 7.76. The predicted octanol–water partition coefficient (Wildman–Crippen LogP) is 4.94. The molecule has 1 aliphatic heterocycles. The van der Waals surface area contributed by atoms with Crippen LogP contribution in [0.4, 0.5) is 11.4 Å². The van der Waals surface area contributed by atoms with Gasteiger partial charge in [-0.15, -0.1) is 0 Å². The monoisotopic (exact) mass is 605 g/mol. The highest BCUT2D eigenvalue weighted by atomic mass is 16.4. The van der Waals surface area contributed by atoms with Crippen molar-refractivity contribution >= 4 is 35.1 Å². The van der Waals surface area contributed by atoms with Gasteiger partial charge in [0.05, 0.1) is 23.8 Å². The zero-order chi connectivity index (χ0) is 31.8. The molecular weight excluding hydrogens is 570 g/mol. The first-order valence-corrected chi connectivity index (χ1v) is 14.8. The average Bonchev–Trinajstić information content (AvgIpc) is 3.31. The molecular formula is C35H35N5O5. The van der Waals surface area contributed by atoms with E-state index in [2.05, 4.69) is 20.5 Å². The van der Waals surface area contributed by atoms with Crippen LogP contribution in [0.15, 0.2) is 97.3 Å². The first kappa shape index (κ1) is 30.9. The number of rotatable bonds is 9. The predicted molar refractivity (Wildman–Crippen MR) is 171 cm³/mol. The van der Waals surface area contributed by atoms with Gasteiger partial charge in [-0.1, -0.05) is 48.0 Å². The van der Waals surface area contributed by atoms with Crippen molar-refractivity contribution in [3.05, 3.63) is 125 Å². The second-order valence-electron chi connectivity index (χ2n) is 11.0. The topological polar surface area (TPSA) is 132 Å². The van der Waals surface area contributed by atoms with Crippen molar-refractivity contribution < 1.29 is 24.3 Å². The number of aromatic nitrogens is 1. The standard InChI is InChI=1S/C35H35N5O5/c1-24-8-10-25(11-9-24)29(23-32(41)42)37-34(44)28-12-13-31(30(22-28)38-33(43)26-14-16-36-17-15-26)39-18-5-19-40(21-20-39)35(45)27-6-3-2-4-7-27/h2-4,6-17,22,29H,5,18-21,23H2,1H3,(H,37,44)(H,38,43)(H,41,42). The third kappa shape index (κ3) is 7.91. The van der Waals surface area contributed by atoms with E-state index in [4.69, 9.17) is 0 Å². The molecule has 1 aliphatic rings. The Kier molecular flexibility index (Phi) is 9.83. The van der Waals surface area contributed by atoms with Gasteiger partial charge < -0.3 is 25.5 Å². The molecule has 10 nitrogen and oxygen atoms in total. The van der Waals surface area contributed by atoms with Gasteiger partial charge in [0.25, 0.3) is 17.7 Å². The maximum atomic E-state index is 13.5. The van der Waals surface area contributed by atoms with Crippen molar-refractivity contribution in [2.24, 2.45) is 0 Å². The van der Waals surface area contributed by atoms with Gasteiger partial charge in [0, 0.05) is 55.3 Å². The molecule has 3 aromatic carbocycles. The number of carbonyl (C=O) groups is 4. The summed E-state index contributed by atoms with van der Waals surface area (Å²) in [6.45, 7) is 4.17. The summed E-state index contributed by atoms with van der Waals surface area (Å²) in [4.78, 5) is 59.4. The summed E-state index contributed by atoms with van der Waals surface area (Å²) >= 11 is 0. The fourth-order valence-electron chi connectivity index (χ4n) is 5.34. The van der Waals surface area contributed by atoms with Gasteiger partial charge in [-0.05, 0) is 61.4 Å². The first-order chi connectivity index (χ1) is 21.8. The molecule has 0 radical (unpaired) electrons. The fraction of sp³-hybridized carbons (Fsp3) is 0.229. The van der Waals surface area contributed by atoms with Crippen LogP contribution < -0.4 is 15.5 Å². The highest BCUT2D eigenvalue weighted by Gasteiger charge is 2.24. The smallest absolute Gasteiger partial charge is 0.305 e. The number of carboxylic acids is 1. The van der Waals surface area contributed by atoms with Crippen LogP contribution in [-0.2, 0) is 4.79 Å². The van der Waals surface area contributed by atoms with Crippen molar-refractivity contribution in [2.75, 3.05) is 36.4 Å². The third-order valence-corrected chi connectivity index (χ3v) is 7.76. The van der Waals surface area contributed by atoms with Gasteiger partial charge in [-0.2, -0.15) is 0 Å². The van der Waals surface area contributed by atoms with Crippen molar-refractivity contribution in [3.8, 4) is 0 Å². The maximum Gasteiger partial charge on any atom is 0.305 e. The van der Waals surface area contributed by atoms with Gasteiger partial charge >= 0.3 is 5.97 Å². The molecule has 1 unspecified atom stereocenters. The Morgan fingerprint density at radius 2 is 1.53 bits per heavy atom. The summed E-state index contributed by atoms with van der Waals surface area (Å²) in [5.74, 6) is -1.90. The minimum Gasteiger partial charge on any atom is -0.481 e. The van der Waals surface area contributed by atoms with Gasteiger partial charge in [0.2, 0.25) is 0 Å². The molecule has 0 saturated carbocycles. The second-order valence-corrected chi connectivity index (χ2v) is 11.0. The Morgan fingerprint density at radius 3 is 2.24 bits per heavy atom. The Labute approximate surface area is 261 Å². The van der Waals surface area contributed by atoms with Crippen LogP contribution in [0, 0.1) is 6.92 Å². The number of hydrogen-bond donors (Lipinski definition) is 3. The minimum absolute atomic E-state index is 0.0276. The number of carbonyl (C=O) groups excluding carboxylic acids is 3. The number of aliphatic carboxylic acids is 1. The van der Waals surface area contributed by atoms with Crippen LogP contribution in [0.25, 0.3) is 0 Å². The highest BCUT2D eigenvalue weighted by molar-refractivity contribution is 6.07. The molecule has 10 heteroatoms. The molecule has 3 amide bonds. The van der Waals surface area contributed by atoms with Crippen molar-refractivity contribution in [3.63, 3.8) is 0 Å². The van der Waals surface area contributed by atoms with E-state index in [1.807, 2.05) is 42.2 Å². The number of benzene rings is 3. The highest BCUT2D eigenvalue weighted by Crippen LogP contribution is 2.30. The number of hydrogen-bond acceptors (Lipinski definition) is 6. The second kappa shape index (κ2) is 14.3. The van der Waals surface area contributed by atoms with Crippen molar-refractivity contribution in [1.29, 1.82) is 0 Å². The van der Waals surface area contributed by atoms with Gasteiger partial charge in [-0.25, -0.2) is 0 Å². The van der Waals surface area contributed by atoms with Gasteiger partial charge in [0.15, 0.2) is 0 Å². The SMILES string of the molecule is Cc1ccc(C(CC(=O)O)NC(=O)c2ccc(N3CCCN(C(=O)c4ccccc4)CC3)c(NC(=O)c3ccncc3)c2)cc1. The van der Waals surface area contributed by atoms with Crippen LogP contribution in [0.2, 0.25) is 0 Å². The number of pyridine rings is 1. The molecule has 45 heavy (non-hydrogen) atoms. The summed E-state index contributed by atoms with van der Waals surface area (Å²) in [6.07, 6.45) is 3.48. The molecule has 5 rings (SSSR count). The molecule has 1 atom stereocenters. The molecule has 0 aliphatic carbocycles. The molecule has 2 heterocycles. The lowest BCUT2D eigenvalue weighted by Crippen LogP contribution is -2.35. The van der Waals surface area contributed by atoms with E-state index >= 15 is 0 Å². The quantitative estimate of drug-likeness (QED) is 0.246. The van der Waals surface area contributed by atoms with Crippen LogP contribution in [0.5, 0.6) is 0 Å². The Balaban J connectivity index is 1.40. The van der Waals surface area contributed by atoms with Crippen molar-refractivity contribution in [2.45, 2.75) is 25.8 Å². The van der Waals surface area contributed by atoms with Crippen LogP contribution in [0.1, 0.15) is 61.1 Å². The Morgan fingerprint density at radius 1 is 0.800 bits per heavy atom. The molecule has 1 aromatic heterocycles. The summed E-state index contributed by atoms with van der Waals surface area (Å²) in [5.41, 5.74) is 4.15. The zero-order valence-electron chi connectivity index (χ0n) is 25.0. The van der Waals surface area contributed by atoms with E-state index in [1.165, 1.54) is 12.4 Å². The normalized spacial score (nSPS) is 13.8. The number of nitrogens with one attached hydrogen (secondary N) is 2. The van der Waals surface area contributed by atoms with E-state index in [0.717, 1.165) is 5.56 Å². The van der Waals surface area contributed by atoms with E-state index < -0.39 is 17.9 Å². The largest absolute Gasteiger partial charge is 0.481 e. The molecule has 230 valence electrons. The molecule has 3 N–H and O–H groups in total. The first-order valence-electron chi connectivity index (χ1n) is 14.8. The lowest BCUT2D eigenvalue weighted by molar-refractivity contribution is -0.137. The molecule has 1 saturated heterocycles. The minimum atomic E-state index is -1.04. The van der Waals surface area contributed by atoms with E-state index in [0.29, 0.717) is 60.7 Å². The van der Waals surface area contributed by atoms with Crippen LogP contribution in [0.3, 0.4) is 0 Å². The van der Waals surface area contributed by atoms with Crippen LogP contribution in [-0.4, -0.2) is 64.9 Å². The average molecular weight is 606 g/mol. The number of nitrogens with zero attached hydrogens (tertiary/aromatic N) is 3. The Bertz CT molecular complexity index is 1660. The molecule has 0 spiro atoms. The maximum absolute atomic E-state index is 13.5. The number of aryl methyl sites for hydroxylation is 1. The van der Waals surface area contributed by atoms with E-state index in [9.17, 15) is 24.3 Å². The lowest BCUT2D eigenvalue weighted by atomic mass is 10.0. The lowest BCUT2D eigenvalue weighted by Gasteiger charge is -2.27. The van der Waals surface area contributed by atoms with Crippen molar-refractivity contribution in [1.82, 2.24) is 15.2 Å². The number of carboxylic acid groups (broad SMARTS) is 1. The van der Waals surface area contributed by atoms with E-state index in [-0.39, 0.29) is 23.8 Å². The summed E-state index contributed by atoms with van der Waals surface area (Å²) in [6, 6.07) is 24.0. The summed E-state index contributed by atoms with van der Waals surface area (Å²) in [5, 5.41) is 15.3. The fourth-order valence-corrected chi connectivity index (χ4v) is 5.34.